The molecule has 0 saturated heterocycles. The van der Waals surface area contributed by atoms with E-state index in [4.69, 9.17) is 22.2 Å². The third kappa shape index (κ3) is 4.53. The zero-order chi connectivity index (χ0) is 16.7. The Balaban J connectivity index is 2.05. The van der Waals surface area contributed by atoms with E-state index in [0.717, 1.165) is 0 Å². The average molecular weight is 325 g/mol. The van der Waals surface area contributed by atoms with Crippen molar-refractivity contribution in [3.63, 3.8) is 0 Å². The molecule has 23 heavy (non-hydrogen) atoms. The molecule has 0 bridgehead atoms. The molecule has 0 aliphatic rings. The number of hydrogen-bond donors (Lipinski definition) is 2. The Morgan fingerprint density at radius 3 is 2.78 bits per heavy atom. The molecule has 0 aliphatic carbocycles. The van der Waals surface area contributed by atoms with Gasteiger partial charge in [0, 0.05) is 5.69 Å². The maximum Gasteiger partial charge on any atom is 0.261 e. The monoisotopic (exact) mass is 325 g/mol. The van der Waals surface area contributed by atoms with Crippen LogP contribution in [0.15, 0.2) is 48.5 Å². The molecule has 1 amide bonds. The largest absolute Gasteiger partial charge is 0.493 e. The lowest BCUT2D eigenvalue weighted by Crippen LogP contribution is -2.34. The van der Waals surface area contributed by atoms with Gasteiger partial charge in [0.25, 0.3) is 5.91 Å². The van der Waals surface area contributed by atoms with E-state index in [1.54, 1.807) is 48.5 Å². The molecule has 2 N–H and O–H groups in total. The fourth-order valence-corrected chi connectivity index (χ4v) is 2.15. The average Bonchev–Trinajstić information content (AvgIpc) is 2.55. The number of rotatable bonds is 4. The maximum absolute atomic E-state index is 12.3. The Morgan fingerprint density at radius 2 is 2.04 bits per heavy atom. The normalized spacial score (nSPS) is 9.57. The summed E-state index contributed by atoms with van der Waals surface area (Å²) in [6.45, 7) is 2.32. The topological polar surface area (TPSA) is 74.2 Å². The van der Waals surface area contributed by atoms with Gasteiger partial charge < -0.3 is 10.1 Å². The van der Waals surface area contributed by atoms with Crippen molar-refractivity contribution in [1.82, 2.24) is 5.32 Å². The highest BCUT2D eigenvalue weighted by atomic mass is 32.1. The minimum absolute atomic E-state index is 0.149. The number of carbonyl (C=O) groups excluding carboxylic acids is 1. The summed E-state index contributed by atoms with van der Waals surface area (Å²) in [7, 11) is 0. The first kappa shape index (κ1) is 16.5. The first-order valence-corrected chi connectivity index (χ1v) is 7.39. The zero-order valence-electron chi connectivity index (χ0n) is 12.5. The Kier molecular flexibility index (Phi) is 5.67. The van der Waals surface area contributed by atoms with Crippen LogP contribution in [0.1, 0.15) is 22.8 Å². The number of thiocarbonyl (C=S) groups is 1. The molecule has 0 atom stereocenters. The van der Waals surface area contributed by atoms with Gasteiger partial charge in [-0.1, -0.05) is 18.2 Å². The second-order valence-electron chi connectivity index (χ2n) is 4.53. The van der Waals surface area contributed by atoms with Gasteiger partial charge in [0.2, 0.25) is 0 Å². The number of anilines is 1. The number of amides is 1. The van der Waals surface area contributed by atoms with Gasteiger partial charge in [-0.15, -0.1) is 0 Å². The number of nitrogens with one attached hydrogen (secondary N) is 2. The molecule has 0 saturated carbocycles. The second kappa shape index (κ2) is 7.92. The van der Waals surface area contributed by atoms with Gasteiger partial charge >= 0.3 is 0 Å². The smallest absolute Gasteiger partial charge is 0.261 e. The van der Waals surface area contributed by atoms with Crippen molar-refractivity contribution in [2.45, 2.75) is 6.92 Å². The molecule has 5 nitrogen and oxygen atoms in total. The van der Waals surface area contributed by atoms with E-state index in [0.29, 0.717) is 29.2 Å². The lowest BCUT2D eigenvalue weighted by molar-refractivity contribution is 0.0974. The summed E-state index contributed by atoms with van der Waals surface area (Å²) in [5, 5.41) is 14.5. The van der Waals surface area contributed by atoms with Crippen LogP contribution < -0.4 is 15.4 Å². The van der Waals surface area contributed by atoms with E-state index in [9.17, 15) is 4.79 Å². The molecular weight excluding hydrogens is 310 g/mol. The first-order valence-electron chi connectivity index (χ1n) is 6.98. The lowest BCUT2D eigenvalue weighted by Gasteiger charge is -2.12. The first-order chi connectivity index (χ1) is 11.1. The van der Waals surface area contributed by atoms with Crippen molar-refractivity contribution < 1.29 is 9.53 Å². The molecule has 6 heteroatoms. The molecular formula is C17H15N3O2S. The fraction of sp³-hybridized carbons (Fsp3) is 0.118. The molecule has 0 aliphatic heterocycles. The molecule has 2 aromatic rings. The van der Waals surface area contributed by atoms with Crippen LogP contribution >= 0.6 is 12.2 Å². The van der Waals surface area contributed by atoms with Crippen LogP contribution in [0.25, 0.3) is 0 Å². The van der Waals surface area contributed by atoms with Gasteiger partial charge in [0.1, 0.15) is 5.75 Å². The van der Waals surface area contributed by atoms with Crippen molar-refractivity contribution in [2.75, 3.05) is 11.9 Å². The number of ether oxygens (including phenoxy) is 1. The Bertz CT molecular complexity index is 768. The summed E-state index contributed by atoms with van der Waals surface area (Å²) >= 11 is 5.13. The predicted molar refractivity (Wildman–Crippen MR) is 92.5 cm³/mol. The van der Waals surface area contributed by atoms with Crippen LogP contribution in [-0.2, 0) is 0 Å². The number of carbonyl (C=O) groups is 1. The summed E-state index contributed by atoms with van der Waals surface area (Å²) in [4.78, 5) is 12.3. The molecule has 0 unspecified atom stereocenters. The minimum Gasteiger partial charge on any atom is -0.493 e. The zero-order valence-corrected chi connectivity index (χ0v) is 13.3. The molecule has 0 spiro atoms. The highest BCUT2D eigenvalue weighted by Crippen LogP contribution is 2.17. The van der Waals surface area contributed by atoms with Gasteiger partial charge in [-0.2, -0.15) is 5.26 Å². The molecule has 0 radical (unpaired) electrons. The Labute approximate surface area is 139 Å². The summed E-state index contributed by atoms with van der Waals surface area (Å²) in [5.41, 5.74) is 1.54. The van der Waals surface area contributed by atoms with Gasteiger partial charge in [0.15, 0.2) is 5.11 Å². The van der Waals surface area contributed by atoms with Crippen molar-refractivity contribution >= 4 is 28.9 Å². The van der Waals surface area contributed by atoms with Crippen LogP contribution in [0.4, 0.5) is 5.69 Å². The number of hydrogen-bond acceptors (Lipinski definition) is 4. The highest BCUT2D eigenvalue weighted by molar-refractivity contribution is 7.80. The number of nitrogens with zero attached hydrogens (tertiary/aromatic N) is 1. The quantitative estimate of drug-likeness (QED) is 0.845. The van der Waals surface area contributed by atoms with Crippen LogP contribution in [0, 0.1) is 11.3 Å². The third-order valence-corrected chi connectivity index (χ3v) is 3.11. The number of nitriles is 1. The number of para-hydroxylation sites is 1. The van der Waals surface area contributed by atoms with Gasteiger partial charge in [-0.05, 0) is 49.5 Å². The maximum atomic E-state index is 12.3. The summed E-state index contributed by atoms with van der Waals surface area (Å²) in [6.07, 6.45) is 0. The second-order valence-corrected chi connectivity index (χ2v) is 4.94. The van der Waals surface area contributed by atoms with E-state index in [2.05, 4.69) is 10.6 Å². The van der Waals surface area contributed by atoms with Crippen molar-refractivity contribution in [3.05, 3.63) is 59.7 Å². The minimum atomic E-state index is -0.358. The summed E-state index contributed by atoms with van der Waals surface area (Å²) in [6, 6.07) is 15.8. The van der Waals surface area contributed by atoms with Crippen molar-refractivity contribution in [2.24, 2.45) is 0 Å². The van der Waals surface area contributed by atoms with Crippen LogP contribution in [-0.4, -0.2) is 17.6 Å². The Morgan fingerprint density at radius 1 is 1.26 bits per heavy atom. The number of benzene rings is 2. The Hall–Kier alpha value is -2.91. The van der Waals surface area contributed by atoms with Gasteiger partial charge in [-0.25, -0.2) is 0 Å². The molecule has 2 rings (SSSR count). The SMILES string of the molecule is CCOc1ccccc1C(=O)NC(=S)Nc1cccc(C#N)c1. The summed E-state index contributed by atoms with van der Waals surface area (Å²) < 4.78 is 5.43. The molecule has 2 aromatic carbocycles. The lowest BCUT2D eigenvalue weighted by atomic mass is 10.2. The van der Waals surface area contributed by atoms with Gasteiger partial charge in [0.05, 0.1) is 23.8 Å². The van der Waals surface area contributed by atoms with Crippen LogP contribution in [0.3, 0.4) is 0 Å². The van der Waals surface area contributed by atoms with E-state index in [-0.39, 0.29) is 11.0 Å². The van der Waals surface area contributed by atoms with Crippen LogP contribution in [0.5, 0.6) is 5.75 Å². The van der Waals surface area contributed by atoms with Crippen molar-refractivity contribution in [1.29, 1.82) is 5.26 Å². The van der Waals surface area contributed by atoms with Gasteiger partial charge in [-0.3, -0.25) is 10.1 Å². The highest BCUT2D eigenvalue weighted by Gasteiger charge is 2.13. The van der Waals surface area contributed by atoms with E-state index in [1.165, 1.54) is 0 Å². The predicted octanol–water partition coefficient (Wildman–Crippen LogP) is 3.08. The molecule has 0 aromatic heterocycles. The summed E-state index contributed by atoms with van der Waals surface area (Å²) in [5.74, 6) is 0.143. The van der Waals surface area contributed by atoms with Crippen molar-refractivity contribution in [3.8, 4) is 11.8 Å². The van der Waals surface area contributed by atoms with E-state index >= 15 is 0 Å². The molecule has 0 heterocycles. The van der Waals surface area contributed by atoms with E-state index < -0.39 is 0 Å². The standard InChI is InChI=1S/C17H15N3O2S/c1-2-22-15-9-4-3-8-14(15)16(21)20-17(23)19-13-7-5-6-12(10-13)11-18/h3-10H,2H2,1H3,(H2,19,20,21,23). The molecule has 0 fully saturated rings. The van der Waals surface area contributed by atoms with E-state index in [1.807, 2.05) is 13.0 Å². The molecule has 116 valence electrons. The fourth-order valence-electron chi connectivity index (χ4n) is 1.93. The van der Waals surface area contributed by atoms with Crippen LogP contribution in [0.2, 0.25) is 0 Å². The third-order valence-electron chi connectivity index (χ3n) is 2.91.